The molecule has 0 aliphatic carbocycles. The topological polar surface area (TPSA) is 44.8 Å². The van der Waals surface area contributed by atoms with Gasteiger partial charge in [-0.2, -0.15) is 13.2 Å². The van der Waals surface area contributed by atoms with Crippen LogP contribution in [0.25, 0.3) is 6.08 Å². The number of fused-ring (bicyclic) bond motifs is 1. The van der Waals surface area contributed by atoms with E-state index in [1.165, 1.54) is 26.2 Å². The molecule has 1 atom stereocenters. The van der Waals surface area contributed by atoms with Gasteiger partial charge in [0.25, 0.3) is 0 Å². The first-order chi connectivity index (χ1) is 9.86. The summed E-state index contributed by atoms with van der Waals surface area (Å²) >= 11 is 0. The van der Waals surface area contributed by atoms with Crippen molar-refractivity contribution in [1.29, 1.82) is 0 Å². The van der Waals surface area contributed by atoms with E-state index in [9.17, 15) is 18.0 Å². The van der Waals surface area contributed by atoms with Gasteiger partial charge in [0.2, 0.25) is 6.10 Å². The fourth-order valence-corrected chi connectivity index (χ4v) is 1.92. The monoisotopic (exact) mass is 302 g/mol. The van der Waals surface area contributed by atoms with Crippen molar-refractivity contribution < 1.29 is 32.2 Å². The van der Waals surface area contributed by atoms with E-state index in [0.29, 0.717) is 11.3 Å². The Morgan fingerprint density at radius 1 is 1.38 bits per heavy atom. The minimum atomic E-state index is -4.72. The summed E-state index contributed by atoms with van der Waals surface area (Å²) in [6.07, 6.45) is -5.94. The van der Waals surface area contributed by atoms with Gasteiger partial charge in [0.1, 0.15) is 11.5 Å². The van der Waals surface area contributed by atoms with E-state index in [-0.39, 0.29) is 12.4 Å². The van der Waals surface area contributed by atoms with Crippen LogP contribution in [0.4, 0.5) is 13.2 Å². The van der Waals surface area contributed by atoms with E-state index in [4.69, 9.17) is 9.47 Å². The van der Waals surface area contributed by atoms with Crippen LogP contribution in [0, 0.1) is 0 Å². The van der Waals surface area contributed by atoms with Crippen molar-refractivity contribution >= 4 is 12.0 Å². The van der Waals surface area contributed by atoms with Crippen molar-refractivity contribution in [3.63, 3.8) is 0 Å². The average molecular weight is 302 g/mol. The maximum absolute atomic E-state index is 13.1. The molecule has 114 valence electrons. The zero-order valence-electron chi connectivity index (χ0n) is 11.4. The molecule has 0 aromatic heterocycles. The van der Waals surface area contributed by atoms with Gasteiger partial charge in [-0.15, -0.1) is 0 Å². The number of carbonyl (C=O) groups is 1. The highest BCUT2D eigenvalue weighted by Gasteiger charge is 2.48. The summed E-state index contributed by atoms with van der Waals surface area (Å²) in [5, 5.41) is 0. The highest BCUT2D eigenvalue weighted by molar-refractivity contribution is 5.96. The van der Waals surface area contributed by atoms with Crippen molar-refractivity contribution in [3.05, 3.63) is 29.3 Å². The first kappa shape index (κ1) is 15.2. The minimum absolute atomic E-state index is 0.00437. The van der Waals surface area contributed by atoms with E-state index < -0.39 is 23.8 Å². The number of carbonyl (C=O) groups excluding carboxylic acids is 1. The molecule has 1 aromatic rings. The predicted octanol–water partition coefficient (Wildman–Crippen LogP) is 2.97. The van der Waals surface area contributed by atoms with Gasteiger partial charge in [0.05, 0.1) is 19.3 Å². The zero-order chi connectivity index (χ0) is 15.6. The fraction of sp³-hybridized carbons (Fsp3) is 0.357. The number of benzene rings is 1. The molecule has 21 heavy (non-hydrogen) atoms. The number of alkyl halides is 3. The quantitative estimate of drug-likeness (QED) is 0.805. The lowest BCUT2D eigenvalue weighted by molar-refractivity contribution is -0.187. The third-order valence-electron chi connectivity index (χ3n) is 2.87. The fourth-order valence-electron chi connectivity index (χ4n) is 1.92. The Labute approximate surface area is 119 Å². The summed E-state index contributed by atoms with van der Waals surface area (Å²) in [4.78, 5) is 11.7. The molecule has 0 saturated carbocycles. The van der Waals surface area contributed by atoms with Crippen molar-refractivity contribution in [2.24, 2.45) is 0 Å². The average Bonchev–Trinajstić information content (AvgIpc) is 2.44. The maximum atomic E-state index is 13.1. The summed E-state index contributed by atoms with van der Waals surface area (Å²) in [7, 11) is 1.39. The number of ether oxygens (including phenoxy) is 3. The first-order valence-corrected chi connectivity index (χ1v) is 6.17. The molecule has 4 nitrogen and oxygen atoms in total. The third kappa shape index (κ3) is 3.12. The highest BCUT2D eigenvalue weighted by atomic mass is 19.4. The smallest absolute Gasteiger partial charge is 0.430 e. The van der Waals surface area contributed by atoms with E-state index in [0.717, 1.165) is 6.08 Å². The Balaban J connectivity index is 2.46. The van der Waals surface area contributed by atoms with Gasteiger partial charge in [-0.1, -0.05) is 0 Å². The second-order valence-corrected chi connectivity index (χ2v) is 4.26. The molecule has 7 heteroatoms. The van der Waals surface area contributed by atoms with Gasteiger partial charge in [-0.3, -0.25) is 0 Å². The summed E-state index contributed by atoms with van der Waals surface area (Å²) < 4.78 is 53.7. The van der Waals surface area contributed by atoms with E-state index >= 15 is 0 Å². The summed E-state index contributed by atoms with van der Waals surface area (Å²) in [6, 6.07) is 4.42. The van der Waals surface area contributed by atoms with Crippen molar-refractivity contribution in [2.45, 2.75) is 19.2 Å². The minimum Gasteiger partial charge on any atom is -0.497 e. The van der Waals surface area contributed by atoms with E-state index in [1.807, 2.05) is 0 Å². The Morgan fingerprint density at radius 3 is 2.67 bits per heavy atom. The molecule has 0 spiro atoms. The number of rotatable bonds is 3. The number of halogens is 3. The molecule has 0 N–H and O–H groups in total. The van der Waals surface area contributed by atoms with Gasteiger partial charge >= 0.3 is 12.1 Å². The van der Waals surface area contributed by atoms with Crippen LogP contribution in [0.5, 0.6) is 11.5 Å². The van der Waals surface area contributed by atoms with Gasteiger partial charge in [-0.05, 0) is 25.1 Å². The van der Waals surface area contributed by atoms with E-state index in [2.05, 4.69) is 4.74 Å². The molecule has 1 unspecified atom stereocenters. The van der Waals surface area contributed by atoms with Crippen LogP contribution in [-0.4, -0.2) is 32.0 Å². The van der Waals surface area contributed by atoms with Gasteiger partial charge in [0.15, 0.2) is 0 Å². The normalized spacial score (nSPS) is 17.4. The second-order valence-electron chi connectivity index (χ2n) is 4.26. The van der Waals surface area contributed by atoms with Crippen molar-refractivity contribution in [3.8, 4) is 11.5 Å². The Bertz CT molecular complexity index is 578. The molecule has 0 fully saturated rings. The molecular weight excluding hydrogens is 289 g/mol. The molecule has 1 aliphatic rings. The second kappa shape index (κ2) is 5.67. The number of hydrogen-bond donors (Lipinski definition) is 0. The van der Waals surface area contributed by atoms with Crippen molar-refractivity contribution in [2.75, 3.05) is 13.7 Å². The van der Waals surface area contributed by atoms with Crippen LogP contribution in [-0.2, 0) is 9.53 Å². The zero-order valence-corrected chi connectivity index (χ0v) is 11.4. The highest BCUT2D eigenvalue weighted by Crippen LogP contribution is 2.39. The lowest BCUT2D eigenvalue weighted by atomic mass is 10.0. The van der Waals surface area contributed by atoms with Crippen LogP contribution in [0.3, 0.4) is 0 Å². The van der Waals surface area contributed by atoms with Gasteiger partial charge in [0, 0.05) is 11.6 Å². The maximum Gasteiger partial charge on any atom is 0.430 e. The molecule has 1 aliphatic heterocycles. The standard InChI is InChI=1S/C14H13F3O4/c1-3-20-13(18)10-6-8-4-5-9(19-2)7-11(8)21-12(10)14(15,16)17/h4-7,12H,3H2,1-2H3. The molecule has 0 radical (unpaired) electrons. The van der Waals surface area contributed by atoms with E-state index in [1.54, 1.807) is 6.07 Å². The molecular formula is C14H13F3O4. The van der Waals surface area contributed by atoms with Crippen LogP contribution < -0.4 is 9.47 Å². The largest absolute Gasteiger partial charge is 0.497 e. The van der Waals surface area contributed by atoms with Crippen LogP contribution >= 0.6 is 0 Å². The molecule has 0 saturated heterocycles. The Morgan fingerprint density at radius 2 is 2.10 bits per heavy atom. The lowest BCUT2D eigenvalue weighted by Gasteiger charge is -2.27. The molecule has 2 rings (SSSR count). The summed E-state index contributed by atoms with van der Waals surface area (Å²) in [5.74, 6) is -0.673. The van der Waals surface area contributed by atoms with Gasteiger partial charge in [-0.25, -0.2) is 4.79 Å². The predicted molar refractivity (Wildman–Crippen MR) is 68.1 cm³/mol. The van der Waals surface area contributed by atoms with Crippen LogP contribution in [0.1, 0.15) is 12.5 Å². The number of esters is 1. The Hall–Kier alpha value is -2.18. The molecule has 0 bridgehead atoms. The third-order valence-corrected chi connectivity index (χ3v) is 2.87. The SMILES string of the molecule is CCOC(=O)C1=Cc2ccc(OC)cc2OC1C(F)(F)F. The van der Waals surface area contributed by atoms with Crippen molar-refractivity contribution in [1.82, 2.24) is 0 Å². The number of methoxy groups -OCH3 is 1. The molecule has 1 heterocycles. The van der Waals surface area contributed by atoms with Crippen LogP contribution in [0.15, 0.2) is 23.8 Å². The molecule has 1 aromatic carbocycles. The first-order valence-electron chi connectivity index (χ1n) is 6.17. The number of hydrogen-bond acceptors (Lipinski definition) is 4. The summed E-state index contributed by atoms with van der Waals surface area (Å²) in [5.41, 5.74) is -0.207. The van der Waals surface area contributed by atoms with Crippen LogP contribution in [0.2, 0.25) is 0 Å². The molecule has 0 amide bonds. The van der Waals surface area contributed by atoms with Gasteiger partial charge < -0.3 is 14.2 Å². The Kier molecular flexibility index (Phi) is 4.11. The summed E-state index contributed by atoms with van der Waals surface area (Å²) in [6.45, 7) is 1.50. The lowest BCUT2D eigenvalue weighted by Crippen LogP contribution is -2.40.